The van der Waals surface area contributed by atoms with E-state index in [0.717, 1.165) is 12.1 Å². The van der Waals surface area contributed by atoms with Gasteiger partial charge in [-0.25, -0.2) is 9.97 Å². The summed E-state index contributed by atoms with van der Waals surface area (Å²) in [5.74, 6) is -1.54. The monoisotopic (exact) mass is 534 g/mol. The van der Waals surface area contributed by atoms with Crippen LogP contribution in [-0.4, -0.2) is 42.0 Å². The van der Waals surface area contributed by atoms with Crippen LogP contribution in [0.25, 0.3) is 11.3 Å². The van der Waals surface area contributed by atoms with Crippen molar-refractivity contribution >= 4 is 27.6 Å². The van der Waals surface area contributed by atoms with Crippen LogP contribution in [0.15, 0.2) is 59.6 Å². The molecule has 2 N–H and O–H groups in total. The number of nitrogens with zero attached hydrogens (tertiary/aromatic N) is 3. The third-order valence-electron chi connectivity index (χ3n) is 6.35. The van der Waals surface area contributed by atoms with E-state index in [1.165, 1.54) is 18.2 Å². The Morgan fingerprint density at radius 2 is 1.78 bits per heavy atom. The molecule has 1 aliphatic rings. The fourth-order valence-electron chi connectivity index (χ4n) is 4.32. The van der Waals surface area contributed by atoms with Crippen LogP contribution >= 0.6 is 0 Å². The van der Waals surface area contributed by atoms with Gasteiger partial charge in [-0.2, -0.15) is 21.6 Å². The second-order valence-corrected chi connectivity index (χ2v) is 10.6. The molecule has 1 saturated heterocycles. The van der Waals surface area contributed by atoms with Crippen molar-refractivity contribution in [1.82, 2.24) is 9.97 Å². The highest BCUT2D eigenvalue weighted by atomic mass is 32.2. The van der Waals surface area contributed by atoms with Crippen molar-refractivity contribution in [3.63, 3.8) is 0 Å². The summed E-state index contributed by atoms with van der Waals surface area (Å²) in [6, 6.07) is 12.4. The number of rotatable bonds is 6. The van der Waals surface area contributed by atoms with Gasteiger partial charge in [0.1, 0.15) is 11.6 Å². The summed E-state index contributed by atoms with van der Waals surface area (Å²) in [6.45, 7) is 3.72. The molecule has 0 spiro atoms. The molecule has 2 atom stereocenters. The Hall–Kier alpha value is -3.67. The summed E-state index contributed by atoms with van der Waals surface area (Å²) in [4.78, 5) is 21.5. The topological polar surface area (TPSA) is 112 Å². The molecule has 196 valence electrons. The number of aliphatic carboxylic acids is 1. The molecule has 8 nitrogen and oxygen atoms in total. The van der Waals surface area contributed by atoms with Crippen LogP contribution in [0.1, 0.15) is 30.9 Å². The van der Waals surface area contributed by atoms with E-state index >= 15 is 0 Å². The molecule has 12 heteroatoms. The highest BCUT2D eigenvalue weighted by Crippen LogP contribution is 2.38. The Morgan fingerprint density at radius 1 is 1.05 bits per heavy atom. The maximum atomic E-state index is 13.7. The van der Waals surface area contributed by atoms with Gasteiger partial charge in [-0.15, -0.1) is 0 Å². The molecule has 1 aliphatic heterocycles. The molecule has 0 saturated carbocycles. The number of piperidine rings is 1. The van der Waals surface area contributed by atoms with Crippen molar-refractivity contribution in [1.29, 1.82) is 0 Å². The Morgan fingerprint density at radius 3 is 2.46 bits per heavy atom. The molecule has 3 aromatic rings. The van der Waals surface area contributed by atoms with Crippen LogP contribution in [0.4, 0.5) is 24.8 Å². The quantitative estimate of drug-likeness (QED) is 0.460. The Bertz CT molecular complexity index is 1430. The molecule has 3 heterocycles. The third kappa shape index (κ3) is 5.68. The lowest BCUT2D eigenvalue weighted by atomic mass is 9.93. The first-order chi connectivity index (χ1) is 17.4. The number of nitrogens with one attached hydrogen (secondary N) is 1. The molecule has 0 bridgehead atoms. The summed E-state index contributed by atoms with van der Waals surface area (Å²) >= 11 is 0. The number of carbonyl (C=O) groups is 1. The standard InChI is InChI=1S/C25H25F3N4O4S/c1-15-6-3-4-7-18(15)23-19(25(26,27)28)12-13-20(29-23)31-37(35,36)22-9-5-8-21(30-22)32-14-17(24(33)34)11-10-16(32)2/h3-9,12-13,16-17H,10-11,14H2,1-2H3,(H,29,31)(H,33,34)/t16-,17+/m0/s1. The van der Waals surface area contributed by atoms with Gasteiger partial charge in [-0.3, -0.25) is 9.52 Å². The van der Waals surface area contributed by atoms with Gasteiger partial charge in [0.25, 0.3) is 10.0 Å². The average Bonchev–Trinajstić information content (AvgIpc) is 2.83. The number of hydrogen-bond acceptors (Lipinski definition) is 6. The second kappa shape index (κ2) is 10.0. The maximum absolute atomic E-state index is 13.7. The van der Waals surface area contributed by atoms with Gasteiger partial charge < -0.3 is 10.0 Å². The first-order valence-corrected chi connectivity index (χ1v) is 13.0. The van der Waals surface area contributed by atoms with E-state index in [4.69, 9.17) is 0 Å². The molecule has 0 aliphatic carbocycles. The SMILES string of the molecule is Cc1ccccc1-c1nc(NS(=O)(=O)c2cccc(N3C[C@H](C(=O)O)CC[C@@H]3C)n2)ccc1C(F)(F)F. The minimum Gasteiger partial charge on any atom is -0.481 e. The summed E-state index contributed by atoms with van der Waals surface area (Å²) < 4.78 is 69.6. The molecule has 37 heavy (non-hydrogen) atoms. The van der Waals surface area contributed by atoms with E-state index in [9.17, 15) is 31.5 Å². The Balaban J connectivity index is 1.67. The number of aromatic nitrogens is 2. The molecule has 2 aromatic heterocycles. The number of anilines is 2. The summed E-state index contributed by atoms with van der Waals surface area (Å²) in [6.07, 6.45) is -3.59. The maximum Gasteiger partial charge on any atom is 0.418 e. The lowest BCUT2D eigenvalue weighted by Crippen LogP contribution is -2.44. The number of halogens is 3. The zero-order valence-electron chi connectivity index (χ0n) is 20.0. The fourth-order valence-corrected chi connectivity index (χ4v) is 5.28. The molecule has 4 rings (SSSR count). The van der Waals surface area contributed by atoms with Crippen molar-refractivity contribution in [3.8, 4) is 11.3 Å². The summed E-state index contributed by atoms with van der Waals surface area (Å²) in [7, 11) is -4.33. The Kier molecular flexibility index (Phi) is 7.13. The van der Waals surface area contributed by atoms with Crippen LogP contribution in [0, 0.1) is 12.8 Å². The zero-order valence-corrected chi connectivity index (χ0v) is 20.8. The van der Waals surface area contributed by atoms with Gasteiger partial charge >= 0.3 is 12.1 Å². The van der Waals surface area contributed by atoms with Gasteiger partial charge in [0.05, 0.1) is 17.2 Å². The molecule has 1 aromatic carbocycles. The smallest absolute Gasteiger partial charge is 0.418 e. The molecule has 0 unspecified atom stereocenters. The van der Waals surface area contributed by atoms with Crippen molar-refractivity contribution in [3.05, 3.63) is 65.7 Å². The number of alkyl halides is 3. The lowest BCUT2D eigenvalue weighted by molar-refractivity contribution is -0.142. The van der Waals surface area contributed by atoms with E-state index in [1.807, 2.05) is 6.92 Å². The number of pyridine rings is 2. The van der Waals surface area contributed by atoms with Crippen molar-refractivity contribution in [2.75, 3.05) is 16.2 Å². The van der Waals surface area contributed by atoms with Crippen LogP contribution in [-0.2, 0) is 21.0 Å². The van der Waals surface area contributed by atoms with Gasteiger partial charge in [0.15, 0.2) is 5.03 Å². The van der Waals surface area contributed by atoms with Crippen LogP contribution in [0.5, 0.6) is 0 Å². The number of carboxylic acid groups (broad SMARTS) is 1. The number of hydrogen-bond donors (Lipinski definition) is 2. The highest BCUT2D eigenvalue weighted by Gasteiger charge is 2.35. The molecular formula is C25H25F3N4O4S. The number of sulfonamides is 1. The minimum absolute atomic E-state index is 0.0535. The van der Waals surface area contributed by atoms with Gasteiger partial charge in [0, 0.05) is 18.2 Å². The van der Waals surface area contributed by atoms with Crippen LogP contribution in [0.3, 0.4) is 0 Å². The average molecular weight is 535 g/mol. The number of carboxylic acids is 1. The predicted molar refractivity (Wildman–Crippen MR) is 132 cm³/mol. The molecule has 0 amide bonds. The molecule has 0 radical (unpaired) electrons. The van der Waals surface area contributed by atoms with Gasteiger partial charge in [0.2, 0.25) is 0 Å². The molecule has 1 fully saturated rings. The second-order valence-electron chi connectivity index (χ2n) is 8.96. The minimum atomic E-state index is -4.70. The Labute approximate surface area is 212 Å². The zero-order chi connectivity index (χ0) is 27.0. The highest BCUT2D eigenvalue weighted by molar-refractivity contribution is 7.92. The van der Waals surface area contributed by atoms with Crippen LogP contribution in [0.2, 0.25) is 0 Å². The van der Waals surface area contributed by atoms with Crippen LogP contribution < -0.4 is 9.62 Å². The van der Waals surface area contributed by atoms with E-state index in [-0.39, 0.29) is 29.0 Å². The van der Waals surface area contributed by atoms with E-state index in [2.05, 4.69) is 14.7 Å². The van der Waals surface area contributed by atoms with E-state index < -0.39 is 39.3 Å². The van der Waals surface area contributed by atoms with Gasteiger partial charge in [-0.05, 0) is 56.5 Å². The van der Waals surface area contributed by atoms with E-state index in [1.54, 1.807) is 36.1 Å². The van der Waals surface area contributed by atoms with Crippen molar-refractivity contribution in [2.45, 2.75) is 43.9 Å². The molecular weight excluding hydrogens is 509 g/mol. The third-order valence-corrected chi connectivity index (χ3v) is 7.61. The van der Waals surface area contributed by atoms with Gasteiger partial charge in [-0.1, -0.05) is 30.3 Å². The van der Waals surface area contributed by atoms with E-state index in [0.29, 0.717) is 24.2 Å². The summed E-state index contributed by atoms with van der Waals surface area (Å²) in [5, 5.41) is 9.03. The normalized spacial score (nSPS) is 18.5. The summed E-state index contributed by atoms with van der Waals surface area (Å²) in [5.41, 5.74) is -0.612. The van der Waals surface area contributed by atoms with Crippen molar-refractivity contribution in [2.24, 2.45) is 5.92 Å². The van der Waals surface area contributed by atoms with Crippen molar-refractivity contribution < 1.29 is 31.5 Å². The largest absolute Gasteiger partial charge is 0.481 e. The lowest BCUT2D eigenvalue weighted by Gasteiger charge is -2.37. The first-order valence-electron chi connectivity index (χ1n) is 11.5. The number of aryl methyl sites for hydroxylation is 1. The fraction of sp³-hybridized carbons (Fsp3) is 0.320. The number of benzene rings is 1. The predicted octanol–water partition coefficient (Wildman–Crippen LogP) is 4.96. The first kappa shape index (κ1) is 26.4.